The van der Waals surface area contributed by atoms with Crippen LogP contribution in [0, 0.1) is 0 Å². The molecule has 0 saturated carbocycles. The van der Waals surface area contributed by atoms with Crippen LogP contribution in [0.4, 0.5) is 0 Å². The molecule has 0 saturated heterocycles. The number of aryl methyl sites for hydroxylation is 1. The number of ether oxygens (including phenoxy) is 1. The van der Waals surface area contributed by atoms with E-state index in [1.165, 1.54) is 22.7 Å². The van der Waals surface area contributed by atoms with E-state index in [2.05, 4.69) is 4.99 Å². The summed E-state index contributed by atoms with van der Waals surface area (Å²) in [4.78, 5) is 30.0. The Morgan fingerprint density at radius 2 is 2.15 bits per heavy atom. The summed E-state index contributed by atoms with van der Waals surface area (Å²) in [5.41, 5.74) is 1.48. The van der Waals surface area contributed by atoms with Crippen LogP contribution in [0.5, 0.6) is 0 Å². The Labute approximate surface area is 163 Å². The molecular weight excluding hydrogens is 388 g/mol. The first-order valence-corrected chi connectivity index (χ1v) is 11.1. The van der Waals surface area contributed by atoms with Crippen LogP contribution in [-0.4, -0.2) is 35.1 Å². The van der Waals surface area contributed by atoms with Crippen LogP contribution in [0.25, 0.3) is 10.2 Å². The van der Waals surface area contributed by atoms with Crippen molar-refractivity contribution in [2.75, 3.05) is 18.6 Å². The Kier molecular flexibility index (Phi) is 6.29. The number of carbonyl (C=O) groups is 2. The minimum Gasteiger partial charge on any atom is -0.462 e. The van der Waals surface area contributed by atoms with Crippen LogP contribution in [0.1, 0.15) is 27.0 Å². The summed E-state index contributed by atoms with van der Waals surface area (Å²) in [5, 5.41) is 1.86. The van der Waals surface area contributed by atoms with Gasteiger partial charge in [0.05, 0.1) is 27.3 Å². The maximum absolute atomic E-state index is 12.4. The molecule has 5 nitrogen and oxygen atoms in total. The third-order valence-corrected chi connectivity index (χ3v) is 6.13. The lowest BCUT2D eigenvalue weighted by atomic mass is 10.2. The number of thiazole rings is 1. The fourth-order valence-corrected chi connectivity index (χ4v) is 4.51. The number of esters is 1. The summed E-state index contributed by atoms with van der Waals surface area (Å²) in [6.07, 6.45) is 2.04. The van der Waals surface area contributed by atoms with Crippen molar-refractivity contribution >= 4 is 56.5 Å². The molecule has 0 aliphatic carbocycles. The molecule has 0 N–H and O–H groups in total. The van der Waals surface area contributed by atoms with E-state index in [1.807, 2.05) is 34.4 Å². The van der Waals surface area contributed by atoms with Gasteiger partial charge in [0.15, 0.2) is 4.80 Å². The highest BCUT2D eigenvalue weighted by molar-refractivity contribution is 7.98. The molecule has 0 atom stereocenters. The van der Waals surface area contributed by atoms with Gasteiger partial charge in [0.25, 0.3) is 5.91 Å². The van der Waals surface area contributed by atoms with Gasteiger partial charge in [0.2, 0.25) is 0 Å². The molecule has 2 aromatic heterocycles. The molecule has 0 bridgehead atoms. The Bertz CT molecular complexity index is 987. The fraction of sp³-hybridized carbons (Fsp3) is 0.278. The molecule has 0 spiro atoms. The molecule has 8 heteroatoms. The van der Waals surface area contributed by atoms with Gasteiger partial charge in [-0.2, -0.15) is 16.8 Å². The number of carbonyl (C=O) groups excluding carboxylic acids is 2. The van der Waals surface area contributed by atoms with Gasteiger partial charge in [-0.15, -0.1) is 11.3 Å². The van der Waals surface area contributed by atoms with Gasteiger partial charge >= 0.3 is 5.97 Å². The Hall–Kier alpha value is -1.90. The monoisotopic (exact) mass is 406 g/mol. The van der Waals surface area contributed by atoms with Crippen LogP contribution < -0.4 is 4.80 Å². The average Bonchev–Trinajstić information content (AvgIpc) is 3.27. The van der Waals surface area contributed by atoms with Crippen LogP contribution in [-0.2, 0) is 11.3 Å². The lowest BCUT2D eigenvalue weighted by Crippen LogP contribution is -2.18. The second-order valence-electron chi connectivity index (χ2n) is 5.33. The molecule has 1 amide bonds. The van der Waals surface area contributed by atoms with E-state index in [0.29, 0.717) is 21.8 Å². The number of hydrogen-bond donors (Lipinski definition) is 0. The zero-order valence-corrected chi connectivity index (χ0v) is 16.9. The molecule has 136 valence electrons. The summed E-state index contributed by atoms with van der Waals surface area (Å²) >= 11 is 4.53. The number of rotatable bonds is 6. The summed E-state index contributed by atoms with van der Waals surface area (Å²) in [7, 11) is 0. The molecule has 0 fully saturated rings. The van der Waals surface area contributed by atoms with Gasteiger partial charge in [-0.25, -0.2) is 4.79 Å². The summed E-state index contributed by atoms with van der Waals surface area (Å²) in [6, 6.07) is 9.07. The van der Waals surface area contributed by atoms with Crippen molar-refractivity contribution in [1.82, 2.24) is 4.57 Å². The SMILES string of the molecule is CCOC(=O)c1ccc2c(c1)sc(=NC(=O)c1cccs1)n2CCSC. The third kappa shape index (κ3) is 4.08. The maximum atomic E-state index is 12.4. The summed E-state index contributed by atoms with van der Waals surface area (Å²) in [5.74, 6) is 0.327. The van der Waals surface area contributed by atoms with Crippen molar-refractivity contribution < 1.29 is 14.3 Å². The zero-order valence-electron chi connectivity index (χ0n) is 14.4. The summed E-state index contributed by atoms with van der Waals surface area (Å²) < 4.78 is 8.02. The first kappa shape index (κ1) is 18.9. The number of fused-ring (bicyclic) bond motifs is 1. The predicted octanol–water partition coefficient (Wildman–Crippen LogP) is 4.05. The van der Waals surface area contributed by atoms with E-state index in [0.717, 1.165) is 22.5 Å². The third-order valence-electron chi connectivity index (χ3n) is 3.64. The number of hydrogen-bond acceptors (Lipinski definition) is 6. The first-order valence-electron chi connectivity index (χ1n) is 8.06. The highest BCUT2D eigenvalue weighted by Crippen LogP contribution is 2.21. The van der Waals surface area contributed by atoms with Crippen molar-refractivity contribution in [3.8, 4) is 0 Å². The second kappa shape index (κ2) is 8.66. The van der Waals surface area contributed by atoms with E-state index in [1.54, 1.807) is 30.8 Å². The quantitative estimate of drug-likeness (QED) is 0.580. The van der Waals surface area contributed by atoms with Crippen LogP contribution in [0.2, 0.25) is 0 Å². The average molecular weight is 407 g/mol. The van der Waals surface area contributed by atoms with Gasteiger partial charge in [0.1, 0.15) is 0 Å². The molecule has 0 unspecified atom stereocenters. The topological polar surface area (TPSA) is 60.7 Å². The van der Waals surface area contributed by atoms with Crippen LogP contribution >= 0.6 is 34.4 Å². The van der Waals surface area contributed by atoms with Crippen molar-refractivity contribution in [3.05, 3.63) is 51.0 Å². The number of aromatic nitrogens is 1. The highest BCUT2D eigenvalue weighted by atomic mass is 32.2. The van der Waals surface area contributed by atoms with E-state index in [4.69, 9.17) is 4.74 Å². The molecule has 3 aromatic rings. The number of thioether (sulfide) groups is 1. The van der Waals surface area contributed by atoms with Crippen molar-refractivity contribution in [1.29, 1.82) is 0 Å². The van der Waals surface area contributed by atoms with Gasteiger partial charge in [-0.05, 0) is 42.8 Å². The Morgan fingerprint density at radius 3 is 2.85 bits per heavy atom. The minimum atomic E-state index is -0.341. The van der Waals surface area contributed by atoms with Gasteiger partial charge in [0, 0.05) is 12.3 Å². The molecular formula is C18H18N2O3S3. The molecule has 26 heavy (non-hydrogen) atoms. The van der Waals surface area contributed by atoms with E-state index < -0.39 is 0 Å². The zero-order chi connectivity index (χ0) is 18.5. The lowest BCUT2D eigenvalue weighted by molar-refractivity contribution is 0.0526. The Morgan fingerprint density at radius 1 is 1.31 bits per heavy atom. The van der Waals surface area contributed by atoms with Crippen molar-refractivity contribution in [2.45, 2.75) is 13.5 Å². The van der Waals surface area contributed by atoms with Crippen LogP contribution in [0.15, 0.2) is 40.7 Å². The highest BCUT2D eigenvalue weighted by Gasteiger charge is 2.13. The number of benzene rings is 1. The number of nitrogens with zero attached hydrogens (tertiary/aromatic N) is 2. The fourth-order valence-electron chi connectivity index (χ4n) is 2.44. The van der Waals surface area contributed by atoms with Crippen LogP contribution in [0.3, 0.4) is 0 Å². The van der Waals surface area contributed by atoms with Gasteiger partial charge < -0.3 is 9.30 Å². The number of thiophene rings is 1. The van der Waals surface area contributed by atoms with E-state index in [-0.39, 0.29) is 11.9 Å². The second-order valence-corrected chi connectivity index (χ2v) is 8.27. The van der Waals surface area contributed by atoms with E-state index in [9.17, 15) is 9.59 Å². The summed E-state index contributed by atoms with van der Waals surface area (Å²) in [6.45, 7) is 2.87. The van der Waals surface area contributed by atoms with Gasteiger partial charge in [-0.3, -0.25) is 4.79 Å². The Balaban J connectivity index is 2.08. The first-order chi connectivity index (χ1) is 12.6. The predicted molar refractivity (Wildman–Crippen MR) is 108 cm³/mol. The largest absolute Gasteiger partial charge is 0.462 e. The molecule has 1 aromatic carbocycles. The smallest absolute Gasteiger partial charge is 0.338 e. The molecule has 3 rings (SSSR count). The molecule has 0 aliphatic heterocycles. The van der Waals surface area contributed by atoms with Gasteiger partial charge in [-0.1, -0.05) is 17.4 Å². The number of amides is 1. The van der Waals surface area contributed by atoms with Crippen molar-refractivity contribution in [2.24, 2.45) is 4.99 Å². The molecule has 0 radical (unpaired) electrons. The molecule has 2 heterocycles. The van der Waals surface area contributed by atoms with Crippen molar-refractivity contribution in [3.63, 3.8) is 0 Å². The maximum Gasteiger partial charge on any atom is 0.338 e. The van der Waals surface area contributed by atoms with E-state index >= 15 is 0 Å². The minimum absolute atomic E-state index is 0.241. The molecule has 0 aliphatic rings. The standard InChI is InChI=1S/C18H18N2O3S3/c1-3-23-17(22)12-6-7-13-15(11-12)26-18(20(13)8-10-24-2)19-16(21)14-5-4-9-25-14/h4-7,9,11H,3,8,10H2,1-2H3. The lowest BCUT2D eigenvalue weighted by Gasteiger charge is -2.05. The normalized spacial score (nSPS) is 11.8.